The summed E-state index contributed by atoms with van der Waals surface area (Å²) in [6, 6.07) is -15.7. The van der Waals surface area contributed by atoms with E-state index in [1.54, 1.807) is 0 Å². The number of aliphatic hydroxyl groups excluding tert-OH is 12. The number of ether oxygens (including phenoxy) is 8. The number of hydrogen-bond acceptors (Lipinski definition) is 33. The van der Waals surface area contributed by atoms with Crippen molar-refractivity contribution in [2.75, 3.05) is 59.2 Å². The van der Waals surface area contributed by atoms with Crippen LogP contribution in [0.3, 0.4) is 0 Å². The second-order valence-electron chi connectivity index (χ2n) is 28.3. The van der Waals surface area contributed by atoms with Crippen LogP contribution in [0.4, 0.5) is 0 Å². The van der Waals surface area contributed by atoms with Gasteiger partial charge in [0.1, 0.15) is 134 Å². The molecule has 0 saturated carbocycles. The summed E-state index contributed by atoms with van der Waals surface area (Å²) in [5.74, 6) is -16.3. The van der Waals surface area contributed by atoms with Crippen molar-refractivity contribution < 1.29 is 167 Å². The standard InChI is InChI=1S/C65H104N12O34/c1-24(54(66)95)68-57(98)33-12-9-15-76(33)60(101)34-13-10-16-77(34)59(100)25(2)69-58(99)41(74-55(96)31(19-78)73-40(88)18-67-56(97)32-11-8-14-75(32)30(7)85)26(3)105-62-44(72-29(6)84)51(48(92)39(108-62)23-104-61-43(71-28(5)83)49(93)46(90)37(21-80)106-61)109-63-50(94)53(47(91)38(22-81)107-63)111-65(64(102)103)17-35(86)42(70-27(4)82)52(110-65)45(89)36(87)20-79/h24-26,31-39,41-53,61-63,78-81,86-87,89-94H,8-23H2,1-7H3,(H2,66,95)(H,67,97)(H,68,98)(H,69,99)(H,70,82)(H,71,83)(H,72,84)(H,73,88)(H,74,96)(H,102,103)/t24?,25?,26?,31?,32?,33?,34?,35-,36+,37?,38?,39?,41?,42+,43?,44?,45+,46-,47-,48-,49+,50?,51+,52?,53-,61+,62+,63-,65-/m0/s1. The molecule has 111 heavy (non-hydrogen) atoms. The first-order valence-electron chi connectivity index (χ1n) is 36.1. The molecule has 46 heteroatoms. The normalized spacial score (nSPS) is 34.1. The molecule has 7 heterocycles. The predicted octanol–water partition coefficient (Wildman–Crippen LogP) is -14.1. The summed E-state index contributed by atoms with van der Waals surface area (Å²) in [5, 5.41) is 163. The first-order valence-corrected chi connectivity index (χ1v) is 36.1. The summed E-state index contributed by atoms with van der Waals surface area (Å²) in [7, 11) is 0. The molecule has 0 bridgehead atoms. The molecular formula is C65H104N12O34. The number of aliphatic hydroxyl groups is 12. The van der Waals surface area contributed by atoms with E-state index < -0.39 is 299 Å². The van der Waals surface area contributed by atoms with Crippen molar-refractivity contribution >= 4 is 76.9 Å². The third-order valence-corrected chi connectivity index (χ3v) is 20.1. The number of nitrogens with zero attached hydrogens (tertiary/aromatic N) is 3. The molecule has 23 N–H and O–H groups in total. The van der Waals surface area contributed by atoms with Gasteiger partial charge in [-0.15, -0.1) is 0 Å². The Bertz CT molecular complexity index is 3320. The van der Waals surface area contributed by atoms with Crippen molar-refractivity contribution in [1.82, 2.24) is 57.2 Å². The Labute approximate surface area is 633 Å². The van der Waals surface area contributed by atoms with Crippen molar-refractivity contribution in [1.29, 1.82) is 0 Å². The van der Waals surface area contributed by atoms with Crippen LogP contribution in [0.1, 0.15) is 93.4 Å². The zero-order valence-corrected chi connectivity index (χ0v) is 61.8. The number of rotatable bonds is 33. The summed E-state index contributed by atoms with van der Waals surface area (Å²) >= 11 is 0. The minimum absolute atomic E-state index is 0.0638. The smallest absolute Gasteiger partial charge is 0.364 e. The topological polar surface area (TPSA) is 691 Å². The maximum absolute atomic E-state index is 15.1. The van der Waals surface area contributed by atoms with Crippen molar-refractivity contribution in [2.24, 2.45) is 5.73 Å². The van der Waals surface area contributed by atoms with Crippen LogP contribution in [0.25, 0.3) is 0 Å². The fourth-order valence-corrected chi connectivity index (χ4v) is 14.3. The van der Waals surface area contributed by atoms with Crippen molar-refractivity contribution in [3.05, 3.63) is 0 Å². The highest BCUT2D eigenvalue weighted by Crippen LogP contribution is 2.39. The average molecular weight is 1600 g/mol. The van der Waals surface area contributed by atoms with E-state index in [1.807, 2.05) is 0 Å². The molecule has 7 aliphatic rings. The van der Waals surface area contributed by atoms with Crippen LogP contribution in [0.5, 0.6) is 0 Å². The van der Waals surface area contributed by atoms with Gasteiger partial charge in [-0.2, -0.15) is 0 Å². The number of nitrogens with one attached hydrogen (secondary N) is 8. The first-order chi connectivity index (χ1) is 52.2. The largest absolute Gasteiger partial charge is 0.477 e. The van der Waals surface area contributed by atoms with E-state index in [9.17, 15) is 124 Å². The SMILES string of the molecule is CC(=O)NC1[C@H](OCC2O[C@@H](OC(C)C(NC(=O)C(CO)NC(=O)CNC(=O)C3CCCN3C(C)=O)C(=O)NC(C)C(=O)N3CCCC3C(=O)N3CCCC3C(=O)NC(C)C(N)=O)C(NC(C)=O)[C@@H](O[C@@H]3OC(CO)[C@H](O)[C@H](O[C@]4(C(=O)O)C[C@H](O)[C@@H](NC(C)=O)C([C@H](O)[C@H](O)CO)O4)C3O)[C@H]2O)OC(CO)[C@H](O)[C@@H]1O. The van der Waals surface area contributed by atoms with Crippen LogP contribution in [-0.4, -0.2) is 394 Å². The molecule has 7 rings (SSSR count). The molecule has 7 fully saturated rings. The van der Waals surface area contributed by atoms with E-state index in [2.05, 4.69) is 42.5 Å². The summed E-state index contributed by atoms with van der Waals surface area (Å²) in [6.07, 6.45) is -38.5. The Morgan fingerprint density at radius 2 is 1.13 bits per heavy atom. The molecule has 7 saturated heterocycles. The van der Waals surface area contributed by atoms with Crippen LogP contribution >= 0.6 is 0 Å². The van der Waals surface area contributed by atoms with E-state index in [1.165, 1.54) is 30.6 Å². The van der Waals surface area contributed by atoms with Crippen molar-refractivity contribution in [2.45, 2.75) is 270 Å². The van der Waals surface area contributed by atoms with Gasteiger partial charge in [-0.05, 0) is 59.3 Å². The molecule has 0 radical (unpaired) electrons. The van der Waals surface area contributed by atoms with E-state index in [0.29, 0.717) is 12.8 Å². The number of nitrogens with two attached hydrogens (primary N) is 1. The van der Waals surface area contributed by atoms with Gasteiger partial charge in [0, 0.05) is 53.8 Å². The molecule has 0 aromatic rings. The quantitative estimate of drug-likeness (QED) is 0.0290. The molecule has 29 atom stereocenters. The number of primary amides is 1. The fraction of sp³-hybridized carbons (Fsp3) is 0.800. The van der Waals surface area contributed by atoms with E-state index >= 15 is 4.79 Å². The minimum atomic E-state index is -3.34. The van der Waals surface area contributed by atoms with Gasteiger partial charge in [-0.25, -0.2) is 4.79 Å². The molecular weight excluding hydrogens is 1490 g/mol. The van der Waals surface area contributed by atoms with E-state index in [0.717, 1.165) is 32.6 Å². The zero-order chi connectivity index (χ0) is 82.5. The highest BCUT2D eigenvalue weighted by molar-refractivity contribution is 5.98. The van der Waals surface area contributed by atoms with Crippen molar-refractivity contribution in [3.63, 3.8) is 0 Å². The molecule has 0 aromatic carbocycles. The number of carbonyl (C=O) groups excluding carboxylic acids is 12. The van der Waals surface area contributed by atoms with Gasteiger partial charge < -0.3 is 167 Å². The number of amides is 12. The highest BCUT2D eigenvalue weighted by Gasteiger charge is 2.61. The molecule has 0 spiro atoms. The lowest BCUT2D eigenvalue weighted by molar-refractivity contribution is -0.382. The van der Waals surface area contributed by atoms with Gasteiger partial charge in [0.25, 0.3) is 5.79 Å². The zero-order valence-electron chi connectivity index (χ0n) is 61.8. The second kappa shape index (κ2) is 39.9. The molecule has 0 aliphatic carbocycles. The molecule has 0 aromatic heterocycles. The van der Waals surface area contributed by atoms with E-state index in [4.69, 9.17) is 43.6 Å². The summed E-state index contributed by atoms with van der Waals surface area (Å²) in [6.45, 7) is 1.47. The van der Waals surface area contributed by atoms with Crippen LogP contribution in [0, 0.1) is 0 Å². The van der Waals surface area contributed by atoms with Gasteiger partial charge in [0.15, 0.2) is 18.9 Å². The van der Waals surface area contributed by atoms with Crippen molar-refractivity contribution in [3.8, 4) is 0 Å². The lowest BCUT2D eigenvalue weighted by atomic mass is 9.88. The Balaban J connectivity index is 1.26. The van der Waals surface area contributed by atoms with Crippen LogP contribution in [0.2, 0.25) is 0 Å². The van der Waals surface area contributed by atoms with Crippen LogP contribution in [-0.2, 0) is 100 Å². The Morgan fingerprint density at radius 3 is 1.70 bits per heavy atom. The second-order valence-corrected chi connectivity index (χ2v) is 28.3. The number of carboxylic acid groups (broad SMARTS) is 1. The maximum atomic E-state index is 15.1. The average Bonchev–Trinajstić information content (AvgIpc) is 1.52. The molecule has 628 valence electrons. The molecule has 12 amide bonds. The number of carbonyl (C=O) groups is 13. The first kappa shape index (κ1) is 90.5. The van der Waals surface area contributed by atoms with Gasteiger partial charge in [0.05, 0.1) is 57.8 Å². The maximum Gasteiger partial charge on any atom is 0.364 e. The van der Waals surface area contributed by atoms with Crippen LogP contribution in [0.15, 0.2) is 0 Å². The Morgan fingerprint density at radius 1 is 0.577 bits per heavy atom. The monoisotopic (exact) mass is 1600 g/mol. The summed E-state index contributed by atoms with van der Waals surface area (Å²) in [4.78, 5) is 178. The molecule has 46 nitrogen and oxygen atoms in total. The number of likely N-dealkylation sites (tertiary alicyclic amines) is 3. The lowest BCUT2D eigenvalue weighted by Gasteiger charge is -2.51. The predicted molar refractivity (Wildman–Crippen MR) is 362 cm³/mol. The summed E-state index contributed by atoms with van der Waals surface area (Å²) < 4.78 is 48.1. The summed E-state index contributed by atoms with van der Waals surface area (Å²) in [5.41, 5.74) is 5.36. The number of aliphatic carboxylic acids is 1. The third kappa shape index (κ3) is 21.8. The van der Waals surface area contributed by atoms with E-state index in [-0.39, 0.29) is 45.3 Å². The van der Waals surface area contributed by atoms with Crippen LogP contribution < -0.4 is 48.3 Å². The fourth-order valence-electron chi connectivity index (χ4n) is 14.3. The highest BCUT2D eigenvalue weighted by atomic mass is 16.8. The van der Waals surface area contributed by atoms with Gasteiger partial charge in [0.2, 0.25) is 70.9 Å². The van der Waals surface area contributed by atoms with Gasteiger partial charge in [-0.3, -0.25) is 57.5 Å². The number of carboxylic acids is 1. The van der Waals surface area contributed by atoms with Gasteiger partial charge in [-0.1, -0.05) is 0 Å². The Kier molecular flexibility index (Phi) is 32.5. The third-order valence-electron chi connectivity index (χ3n) is 20.1. The Hall–Kier alpha value is -7.69. The minimum Gasteiger partial charge on any atom is -0.477 e. The molecule has 7 aliphatic heterocycles. The number of hydrogen-bond donors (Lipinski definition) is 22. The van der Waals surface area contributed by atoms with Gasteiger partial charge >= 0.3 is 5.97 Å². The lowest BCUT2D eigenvalue weighted by Crippen LogP contribution is -2.71. The molecule has 15 unspecified atom stereocenters.